The molecule has 0 heterocycles. The molecule has 2 nitrogen and oxygen atoms in total. The van der Waals surface area contributed by atoms with Crippen LogP contribution in [0.4, 0.5) is 0 Å². The van der Waals surface area contributed by atoms with Gasteiger partial charge in [0.25, 0.3) is 0 Å². The third-order valence-corrected chi connectivity index (χ3v) is 1.05. The second-order valence-corrected chi connectivity index (χ2v) is 4.83. The van der Waals surface area contributed by atoms with Crippen molar-refractivity contribution in [3.8, 4) is 0 Å². The van der Waals surface area contributed by atoms with Crippen LogP contribution in [-0.2, 0) is 51.8 Å². The summed E-state index contributed by atoms with van der Waals surface area (Å²) in [5.41, 5.74) is 0. The van der Waals surface area contributed by atoms with Gasteiger partial charge in [0.05, 0.1) is 12.2 Å². The summed E-state index contributed by atoms with van der Waals surface area (Å²) in [5, 5.41) is 0. The van der Waals surface area contributed by atoms with Crippen LogP contribution in [0.15, 0.2) is 0 Å². The molecule has 0 unspecified atom stereocenters. The maximum Gasteiger partial charge on any atom is 2.00 e. The van der Waals surface area contributed by atoms with E-state index in [4.69, 9.17) is 9.47 Å². The molecule has 0 aliphatic carbocycles. The minimum Gasteiger partial charge on any atom is -0.511 e. The Balaban J connectivity index is -0.000000180. The Labute approximate surface area is 124 Å². The molecule has 0 amide bonds. The normalized spacial score (nSPS) is 8.40. The first-order valence-corrected chi connectivity index (χ1v) is 5.64. The second-order valence-electron chi connectivity index (χ2n) is 2.83. The largest absolute Gasteiger partial charge is 2.00 e. The van der Waals surface area contributed by atoms with Gasteiger partial charge in [-0.3, -0.25) is 0 Å². The molecule has 0 aromatic rings. The molecule has 0 bridgehead atoms. The van der Waals surface area contributed by atoms with Gasteiger partial charge in [-0.2, -0.15) is 0 Å². The quantitative estimate of drug-likeness (QED) is 0.436. The average Bonchev–Trinajstić information content (AvgIpc) is 1.79. The first-order valence-electron chi connectivity index (χ1n) is 4.01. The number of hydrogen-bond donors (Lipinski definition) is 0. The number of thiocarbonyl (C=S) groups is 2. The first kappa shape index (κ1) is 21.1. The molecule has 0 aliphatic heterocycles. The minimum atomic E-state index is 0. The van der Waals surface area contributed by atoms with E-state index >= 15 is 0 Å². The molecule has 0 aliphatic rings. The molecular weight excluding hydrogens is 320 g/mol. The van der Waals surface area contributed by atoms with Gasteiger partial charge < -0.3 is 59.2 Å². The van der Waals surface area contributed by atoms with Crippen LogP contribution in [0, 0.1) is 0 Å². The van der Waals surface area contributed by atoms with E-state index in [0.29, 0.717) is 0 Å². The zero-order valence-electron chi connectivity index (χ0n) is 8.91. The molecule has 0 aromatic carbocycles. The Morgan fingerprint density at radius 3 is 1.07 bits per heavy atom. The van der Waals surface area contributed by atoms with Crippen molar-refractivity contribution in [2.75, 3.05) is 0 Å². The number of ether oxygens (including phenoxy) is 2. The molecule has 0 aromatic heterocycles. The van der Waals surface area contributed by atoms with Crippen molar-refractivity contribution in [1.29, 1.82) is 0 Å². The third kappa shape index (κ3) is 31.3. The van der Waals surface area contributed by atoms with Gasteiger partial charge in [-0.15, -0.1) is 0 Å². The Morgan fingerprint density at radius 2 is 1.07 bits per heavy atom. The first-order chi connectivity index (χ1) is 6.25. The summed E-state index contributed by atoms with van der Waals surface area (Å²) in [6.07, 6.45) is 0.259. The van der Waals surface area contributed by atoms with Gasteiger partial charge in [0.15, 0.2) is 0 Å². The zero-order valence-corrected chi connectivity index (χ0v) is 13.1. The van der Waals surface area contributed by atoms with E-state index in [0.717, 1.165) is 0 Å². The van der Waals surface area contributed by atoms with Crippen LogP contribution in [0.3, 0.4) is 0 Å². The molecule has 1 radical (unpaired) electrons. The van der Waals surface area contributed by atoms with Crippen molar-refractivity contribution in [1.82, 2.24) is 0 Å². The van der Waals surface area contributed by atoms with Gasteiger partial charge in [-0.25, -0.2) is 0 Å². The van der Waals surface area contributed by atoms with Crippen molar-refractivity contribution >= 4 is 58.5 Å². The van der Waals surface area contributed by atoms with Gasteiger partial charge in [-0.1, -0.05) is 0 Å². The van der Waals surface area contributed by atoms with Crippen LogP contribution in [0.2, 0.25) is 0 Å². The summed E-state index contributed by atoms with van der Waals surface area (Å²) in [6, 6.07) is 0. The molecule has 0 spiro atoms. The summed E-state index contributed by atoms with van der Waals surface area (Å²) < 4.78 is 10.0. The van der Waals surface area contributed by atoms with Crippen LogP contribution in [0.5, 0.6) is 0 Å². The molecule has 93 valence electrons. The van der Waals surface area contributed by atoms with E-state index in [1.807, 2.05) is 27.7 Å². The van der Waals surface area contributed by atoms with E-state index in [1.165, 1.54) is 0 Å². The standard InChI is InChI=1S/2C4H8OS2.Cu/c2*1-3(2)5-4(6)7;/h2*3H,1-2H3,(H,6,7);/q;;+2/p-2. The molecule has 7 heteroatoms. The van der Waals surface area contributed by atoms with E-state index in [-0.39, 0.29) is 38.0 Å². The average molecular weight is 334 g/mol. The maximum atomic E-state index is 4.80. The molecule has 0 atom stereocenters. The molecular formula is C8H14CuO2S4. The molecule has 0 N–H and O–H groups in total. The summed E-state index contributed by atoms with van der Waals surface area (Å²) >= 11 is 17.9. The fraction of sp³-hybridized carbons (Fsp3) is 0.750. The van der Waals surface area contributed by atoms with Crippen LogP contribution < -0.4 is 0 Å². The van der Waals surface area contributed by atoms with Crippen LogP contribution in [0.25, 0.3) is 0 Å². The predicted octanol–water partition coefficient (Wildman–Crippen LogP) is 2.48. The Morgan fingerprint density at radius 1 is 0.867 bits per heavy atom. The summed E-state index contributed by atoms with van der Waals surface area (Å²) in [4.78, 5) is 0. The Hall–Kier alpha value is 0.739. The van der Waals surface area contributed by atoms with Crippen LogP contribution in [-0.4, -0.2) is 21.0 Å². The van der Waals surface area contributed by atoms with E-state index < -0.39 is 0 Å². The van der Waals surface area contributed by atoms with Crippen LogP contribution >= 0.6 is 24.4 Å². The van der Waals surface area contributed by atoms with Crippen molar-refractivity contribution < 1.29 is 26.5 Å². The SMILES string of the molecule is CC(C)OC(=S)[S-].CC(C)OC(=S)[S-].[Cu+2]. The van der Waals surface area contributed by atoms with Crippen molar-refractivity contribution in [3.63, 3.8) is 0 Å². The smallest absolute Gasteiger partial charge is 0.511 e. The predicted molar refractivity (Wildman–Crippen MR) is 72.4 cm³/mol. The molecule has 0 saturated heterocycles. The van der Waals surface area contributed by atoms with Crippen molar-refractivity contribution in [3.05, 3.63) is 0 Å². The van der Waals surface area contributed by atoms with Crippen LogP contribution in [0.1, 0.15) is 27.7 Å². The van der Waals surface area contributed by atoms with Gasteiger partial charge in [0.1, 0.15) is 0 Å². The summed E-state index contributed by atoms with van der Waals surface area (Å²) in [6.45, 7) is 7.55. The van der Waals surface area contributed by atoms with Gasteiger partial charge >= 0.3 is 17.1 Å². The van der Waals surface area contributed by atoms with Crippen molar-refractivity contribution in [2.24, 2.45) is 0 Å². The van der Waals surface area contributed by atoms with Crippen molar-refractivity contribution in [2.45, 2.75) is 39.9 Å². The third-order valence-electron chi connectivity index (χ3n) is 0.664. The summed E-state index contributed by atoms with van der Waals surface area (Å²) in [5.74, 6) is 0. The second kappa shape index (κ2) is 12.8. The van der Waals surface area contributed by atoms with Gasteiger partial charge in [-0.05, 0) is 27.7 Å². The van der Waals surface area contributed by atoms with Gasteiger partial charge in [0.2, 0.25) is 0 Å². The zero-order chi connectivity index (χ0) is 11.7. The maximum absolute atomic E-state index is 4.80. The fourth-order valence-electron chi connectivity index (χ4n) is 0.385. The van der Waals surface area contributed by atoms with E-state index in [9.17, 15) is 0 Å². The van der Waals surface area contributed by atoms with E-state index in [2.05, 4.69) is 49.7 Å². The summed E-state index contributed by atoms with van der Waals surface area (Å²) in [7, 11) is 0. The monoisotopic (exact) mass is 333 g/mol. The number of hydrogen-bond acceptors (Lipinski definition) is 6. The minimum absolute atomic E-state index is 0. The molecule has 0 saturated carbocycles. The Kier molecular flexibility index (Phi) is 18.0. The molecule has 15 heavy (non-hydrogen) atoms. The molecule has 0 fully saturated rings. The van der Waals surface area contributed by atoms with E-state index in [1.54, 1.807) is 0 Å². The number of rotatable bonds is 2. The molecule has 0 rings (SSSR count). The Bertz CT molecular complexity index is 165. The van der Waals surface area contributed by atoms with Gasteiger partial charge in [0, 0.05) is 8.77 Å². The topological polar surface area (TPSA) is 18.5 Å². The fourth-order valence-corrected chi connectivity index (χ4v) is 1.15.